The number of hydrogen-bond acceptors (Lipinski definition) is 3. The molecular weight excluding hydrogens is 319 g/mol. The first kappa shape index (κ1) is 18.7. The first-order chi connectivity index (χ1) is 11.4. The van der Waals surface area contributed by atoms with Crippen molar-refractivity contribution in [2.75, 3.05) is 13.1 Å². The molecule has 0 saturated heterocycles. The van der Waals surface area contributed by atoms with Crippen LogP contribution in [0.3, 0.4) is 0 Å². The fourth-order valence-corrected chi connectivity index (χ4v) is 2.99. The molecule has 1 saturated carbocycles. The van der Waals surface area contributed by atoms with Crippen molar-refractivity contribution in [3.63, 3.8) is 0 Å². The maximum absolute atomic E-state index is 12.6. The number of halogens is 3. The van der Waals surface area contributed by atoms with Crippen molar-refractivity contribution >= 4 is 5.91 Å². The number of rotatable bonds is 5. The third-order valence-corrected chi connectivity index (χ3v) is 4.32. The number of aromatic nitrogens is 1. The Kier molecular flexibility index (Phi) is 6.60. The standard InChI is InChI=1S/C17H24F3N3O/c1-12-14(8-9-15(23-12)17(18,19)20)16(24)22-11-10-21-13-6-4-2-3-5-7-13/h8-9,13,21H,2-7,10-11H2,1H3,(H,22,24). The SMILES string of the molecule is Cc1nc(C(F)(F)F)ccc1C(=O)NCCNC1CCCCCC1. The minimum absolute atomic E-state index is 0.0825. The molecule has 0 unspecified atom stereocenters. The van der Waals surface area contributed by atoms with E-state index in [1.54, 1.807) is 0 Å². The second-order valence-electron chi connectivity index (χ2n) is 6.23. The monoisotopic (exact) mass is 343 g/mol. The van der Waals surface area contributed by atoms with E-state index in [1.165, 1.54) is 38.7 Å². The van der Waals surface area contributed by atoms with Gasteiger partial charge in [-0.05, 0) is 31.9 Å². The van der Waals surface area contributed by atoms with Crippen LogP contribution in [0.5, 0.6) is 0 Å². The number of alkyl halides is 3. The summed E-state index contributed by atoms with van der Waals surface area (Å²) in [6.07, 6.45) is 2.87. The molecule has 2 rings (SSSR count). The number of nitrogens with one attached hydrogen (secondary N) is 2. The number of carbonyl (C=O) groups is 1. The minimum atomic E-state index is -4.50. The third-order valence-electron chi connectivity index (χ3n) is 4.32. The Balaban J connectivity index is 1.80. The third kappa shape index (κ3) is 5.47. The minimum Gasteiger partial charge on any atom is -0.351 e. The molecule has 0 aromatic carbocycles. The maximum atomic E-state index is 12.6. The lowest BCUT2D eigenvalue weighted by atomic mass is 10.1. The normalized spacial score (nSPS) is 16.7. The summed E-state index contributed by atoms with van der Waals surface area (Å²) < 4.78 is 37.8. The highest BCUT2D eigenvalue weighted by molar-refractivity contribution is 5.95. The largest absolute Gasteiger partial charge is 0.433 e. The van der Waals surface area contributed by atoms with Crippen LogP contribution in [0, 0.1) is 6.92 Å². The quantitative estimate of drug-likeness (QED) is 0.636. The molecule has 1 aliphatic carbocycles. The number of pyridine rings is 1. The molecule has 4 nitrogen and oxygen atoms in total. The van der Waals surface area contributed by atoms with Crippen LogP contribution < -0.4 is 10.6 Å². The van der Waals surface area contributed by atoms with E-state index in [4.69, 9.17) is 0 Å². The molecule has 1 amide bonds. The fourth-order valence-electron chi connectivity index (χ4n) is 2.99. The van der Waals surface area contributed by atoms with Crippen LogP contribution in [-0.2, 0) is 6.18 Å². The molecule has 1 aromatic rings. The lowest BCUT2D eigenvalue weighted by Crippen LogP contribution is -2.37. The molecular formula is C17H24F3N3O. The van der Waals surface area contributed by atoms with Gasteiger partial charge in [-0.3, -0.25) is 4.79 Å². The molecule has 0 spiro atoms. The fraction of sp³-hybridized carbons (Fsp3) is 0.647. The second-order valence-corrected chi connectivity index (χ2v) is 6.23. The van der Waals surface area contributed by atoms with Gasteiger partial charge in [-0.15, -0.1) is 0 Å². The molecule has 0 aliphatic heterocycles. The number of amides is 1. The number of hydrogen-bond donors (Lipinski definition) is 2. The van der Waals surface area contributed by atoms with Gasteiger partial charge in [0.25, 0.3) is 5.91 Å². The smallest absolute Gasteiger partial charge is 0.351 e. The second kappa shape index (κ2) is 8.46. The number of nitrogens with zero attached hydrogens (tertiary/aromatic N) is 1. The van der Waals surface area contributed by atoms with Gasteiger partial charge in [0.15, 0.2) is 0 Å². The average molecular weight is 343 g/mol. The van der Waals surface area contributed by atoms with E-state index in [0.717, 1.165) is 18.9 Å². The van der Waals surface area contributed by atoms with Crippen molar-refractivity contribution in [1.82, 2.24) is 15.6 Å². The lowest BCUT2D eigenvalue weighted by Gasteiger charge is -2.16. The van der Waals surface area contributed by atoms with Gasteiger partial charge in [-0.25, -0.2) is 4.98 Å². The van der Waals surface area contributed by atoms with E-state index in [-0.39, 0.29) is 11.3 Å². The van der Waals surface area contributed by atoms with Crippen LogP contribution in [-0.4, -0.2) is 30.0 Å². The first-order valence-corrected chi connectivity index (χ1v) is 8.44. The van der Waals surface area contributed by atoms with Crippen molar-refractivity contribution in [3.8, 4) is 0 Å². The van der Waals surface area contributed by atoms with Gasteiger partial charge in [0.2, 0.25) is 0 Å². The van der Waals surface area contributed by atoms with Crippen molar-refractivity contribution in [1.29, 1.82) is 0 Å². The summed E-state index contributed by atoms with van der Waals surface area (Å²) in [5.41, 5.74) is -0.719. The van der Waals surface area contributed by atoms with Crippen molar-refractivity contribution in [2.24, 2.45) is 0 Å². The molecule has 7 heteroatoms. The predicted molar refractivity (Wildman–Crippen MR) is 85.8 cm³/mol. The van der Waals surface area contributed by atoms with Crippen LogP contribution in [0.25, 0.3) is 0 Å². The van der Waals surface area contributed by atoms with Crippen molar-refractivity contribution in [2.45, 2.75) is 57.7 Å². The Morgan fingerprint density at radius 2 is 1.83 bits per heavy atom. The Labute approximate surface area is 140 Å². The Bertz CT molecular complexity index is 553. The molecule has 24 heavy (non-hydrogen) atoms. The summed E-state index contributed by atoms with van der Waals surface area (Å²) >= 11 is 0. The molecule has 0 bridgehead atoms. The lowest BCUT2D eigenvalue weighted by molar-refractivity contribution is -0.141. The molecule has 1 aliphatic rings. The van der Waals surface area contributed by atoms with Gasteiger partial charge < -0.3 is 10.6 Å². The van der Waals surface area contributed by atoms with Crippen LogP contribution in [0.2, 0.25) is 0 Å². The van der Waals surface area contributed by atoms with Gasteiger partial charge >= 0.3 is 6.18 Å². The van der Waals surface area contributed by atoms with Crippen molar-refractivity contribution < 1.29 is 18.0 Å². The van der Waals surface area contributed by atoms with Gasteiger partial charge in [0.1, 0.15) is 5.69 Å². The van der Waals surface area contributed by atoms with E-state index < -0.39 is 17.8 Å². The molecule has 0 atom stereocenters. The molecule has 1 aromatic heterocycles. The van der Waals surface area contributed by atoms with E-state index >= 15 is 0 Å². The molecule has 1 heterocycles. The summed E-state index contributed by atoms with van der Waals surface area (Å²) in [6, 6.07) is 2.52. The summed E-state index contributed by atoms with van der Waals surface area (Å²) in [5, 5.41) is 6.16. The van der Waals surface area contributed by atoms with Crippen LogP contribution in [0.15, 0.2) is 12.1 Å². The Morgan fingerprint density at radius 3 is 2.42 bits per heavy atom. The Hall–Kier alpha value is -1.63. The summed E-state index contributed by atoms with van der Waals surface area (Å²) in [7, 11) is 0. The highest BCUT2D eigenvalue weighted by Gasteiger charge is 2.33. The highest BCUT2D eigenvalue weighted by Crippen LogP contribution is 2.28. The van der Waals surface area contributed by atoms with E-state index in [2.05, 4.69) is 15.6 Å². The average Bonchev–Trinajstić information content (AvgIpc) is 2.79. The molecule has 1 fully saturated rings. The first-order valence-electron chi connectivity index (χ1n) is 8.44. The van der Waals surface area contributed by atoms with Crippen LogP contribution >= 0.6 is 0 Å². The highest BCUT2D eigenvalue weighted by atomic mass is 19.4. The summed E-state index contributed by atoms with van der Waals surface area (Å²) in [5.74, 6) is -0.392. The van der Waals surface area contributed by atoms with E-state index in [0.29, 0.717) is 19.1 Å². The maximum Gasteiger partial charge on any atom is 0.433 e. The zero-order chi connectivity index (χ0) is 17.6. The predicted octanol–water partition coefficient (Wildman–Crippen LogP) is 3.45. The molecule has 134 valence electrons. The van der Waals surface area contributed by atoms with Gasteiger partial charge in [-0.1, -0.05) is 25.7 Å². The van der Waals surface area contributed by atoms with Gasteiger partial charge in [0, 0.05) is 19.1 Å². The summed E-state index contributed by atoms with van der Waals surface area (Å²) in [6.45, 7) is 2.51. The van der Waals surface area contributed by atoms with E-state index in [1.807, 2.05) is 0 Å². The zero-order valence-corrected chi connectivity index (χ0v) is 13.9. The number of carbonyl (C=O) groups excluding carboxylic acids is 1. The number of aryl methyl sites for hydroxylation is 1. The Morgan fingerprint density at radius 1 is 1.17 bits per heavy atom. The zero-order valence-electron chi connectivity index (χ0n) is 13.9. The van der Waals surface area contributed by atoms with Crippen LogP contribution in [0.4, 0.5) is 13.2 Å². The van der Waals surface area contributed by atoms with Crippen molar-refractivity contribution in [3.05, 3.63) is 29.1 Å². The molecule has 0 radical (unpaired) electrons. The van der Waals surface area contributed by atoms with E-state index in [9.17, 15) is 18.0 Å². The van der Waals surface area contributed by atoms with Crippen LogP contribution in [0.1, 0.15) is 60.3 Å². The van der Waals surface area contributed by atoms with Gasteiger partial charge in [0.05, 0.1) is 11.3 Å². The molecule has 2 N–H and O–H groups in total. The topological polar surface area (TPSA) is 54.0 Å². The summed E-state index contributed by atoms with van der Waals surface area (Å²) in [4.78, 5) is 15.5. The van der Waals surface area contributed by atoms with Gasteiger partial charge in [-0.2, -0.15) is 13.2 Å².